The summed E-state index contributed by atoms with van der Waals surface area (Å²) in [6.07, 6.45) is 0.941. The van der Waals surface area contributed by atoms with Crippen molar-refractivity contribution in [2.24, 2.45) is 5.41 Å². The Bertz CT molecular complexity index is 1270. The van der Waals surface area contributed by atoms with Crippen LogP contribution in [0, 0.1) is 17.0 Å². The van der Waals surface area contributed by atoms with E-state index in [2.05, 4.69) is 10.6 Å². The summed E-state index contributed by atoms with van der Waals surface area (Å²) in [6.45, 7) is 2.60. The van der Waals surface area contributed by atoms with Crippen molar-refractivity contribution in [2.45, 2.75) is 45.4 Å². The van der Waals surface area contributed by atoms with Gasteiger partial charge in [0.15, 0.2) is 18.2 Å². The van der Waals surface area contributed by atoms with Crippen LogP contribution in [0.4, 0.5) is 8.78 Å². The molecule has 44 heavy (non-hydrogen) atoms. The number of carbonyl (C=O) groups excluding carboxylic acids is 4. The molecular formula is C32H41F2N3O7. The standard InChI is InChI=1S/C32H41F2N3O7/c1-3-43-31(41)32(14-18-42-2)20-23-10-12-25(13-11-23)44-21-28(39)35-15-6-17-37(16-5-9-27(38)36-22-32)29(40)19-24-7-4-8-26(33)30(24)34/h4,7-8,10-13H,3,5-6,9,14-22H2,1-2H3,(H,35,39)(H,36,38). The summed E-state index contributed by atoms with van der Waals surface area (Å²) in [6, 6.07) is 10.7. The smallest absolute Gasteiger partial charge is 0.314 e. The van der Waals surface area contributed by atoms with Crippen LogP contribution >= 0.6 is 0 Å². The lowest BCUT2D eigenvalue weighted by atomic mass is 9.78. The van der Waals surface area contributed by atoms with Crippen LogP contribution in [0.15, 0.2) is 42.5 Å². The predicted molar refractivity (Wildman–Crippen MR) is 158 cm³/mol. The van der Waals surface area contributed by atoms with Crippen LogP contribution in [0.3, 0.4) is 0 Å². The van der Waals surface area contributed by atoms with E-state index >= 15 is 0 Å². The van der Waals surface area contributed by atoms with Crippen molar-refractivity contribution in [1.29, 1.82) is 0 Å². The average molecular weight is 618 g/mol. The lowest BCUT2D eigenvalue weighted by molar-refractivity contribution is -0.156. The third kappa shape index (κ3) is 10.3. The number of methoxy groups -OCH3 is 1. The number of halogens is 2. The molecule has 0 aliphatic carbocycles. The monoisotopic (exact) mass is 617 g/mol. The Hall–Kier alpha value is -4.06. The summed E-state index contributed by atoms with van der Waals surface area (Å²) < 4.78 is 44.3. The van der Waals surface area contributed by atoms with E-state index in [0.29, 0.717) is 18.6 Å². The molecule has 1 atom stereocenters. The number of nitrogens with one attached hydrogen (secondary N) is 2. The van der Waals surface area contributed by atoms with Gasteiger partial charge in [-0.25, -0.2) is 8.78 Å². The van der Waals surface area contributed by atoms with E-state index in [1.165, 1.54) is 24.1 Å². The minimum Gasteiger partial charge on any atom is -0.484 e. The van der Waals surface area contributed by atoms with Gasteiger partial charge in [-0.1, -0.05) is 24.3 Å². The second-order valence-electron chi connectivity index (χ2n) is 10.7. The molecule has 2 aromatic rings. The number of esters is 1. The molecule has 10 nitrogen and oxygen atoms in total. The second-order valence-corrected chi connectivity index (χ2v) is 10.7. The van der Waals surface area contributed by atoms with Crippen LogP contribution in [-0.2, 0) is 41.5 Å². The SMILES string of the molecule is CCOC(=O)C1(CCOC)CNC(=O)CCCN(C(=O)Cc2cccc(F)c2F)CCCNC(=O)COc2ccc(cc2)C1. The maximum atomic E-state index is 14.2. The van der Waals surface area contributed by atoms with Crippen LogP contribution in [0.1, 0.15) is 43.7 Å². The molecule has 2 aliphatic heterocycles. The van der Waals surface area contributed by atoms with Crippen molar-refractivity contribution < 1.29 is 42.2 Å². The van der Waals surface area contributed by atoms with Crippen LogP contribution in [0.2, 0.25) is 0 Å². The first-order chi connectivity index (χ1) is 21.2. The first-order valence-corrected chi connectivity index (χ1v) is 14.8. The number of hydrogen-bond donors (Lipinski definition) is 2. The van der Waals surface area contributed by atoms with Crippen molar-refractivity contribution in [2.75, 3.05) is 53.1 Å². The van der Waals surface area contributed by atoms with Crippen LogP contribution in [0.25, 0.3) is 0 Å². The van der Waals surface area contributed by atoms with Crippen LogP contribution < -0.4 is 15.4 Å². The average Bonchev–Trinajstić information content (AvgIpc) is 3.01. The number of amides is 3. The number of carbonyl (C=O) groups is 4. The molecule has 2 heterocycles. The van der Waals surface area contributed by atoms with Gasteiger partial charge in [-0.3, -0.25) is 19.2 Å². The molecule has 0 saturated carbocycles. The van der Waals surface area contributed by atoms with E-state index < -0.39 is 28.9 Å². The summed E-state index contributed by atoms with van der Waals surface area (Å²) in [5.74, 6) is -3.21. The van der Waals surface area contributed by atoms with E-state index in [9.17, 15) is 28.0 Å². The van der Waals surface area contributed by atoms with Gasteiger partial charge in [-0.05, 0) is 56.4 Å². The molecule has 1 unspecified atom stereocenters. The van der Waals surface area contributed by atoms with Crippen molar-refractivity contribution in [3.05, 3.63) is 65.2 Å². The number of hydrogen-bond acceptors (Lipinski definition) is 7. The first kappa shape index (κ1) is 34.4. The van der Waals surface area contributed by atoms with Gasteiger partial charge in [-0.2, -0.15) is 0 Å². The van der Waals surface area contributed by atoms with Gasteiger partial charge in [0.25, 0.3) is 5.91 Å². The molecule has 2 aromatic carbocycles. The number of fused-ring (bicyclic) bond motifs is 17. The Morgan fingerprint density at radius 1 is 1.02 bits per heavy atom. The van der Waals surface area contributed by atoms with Gasteiger partial charge < -0.3 is 29.7 Å². The summed E-state index contributed by atoms with van der Waals surface area (Å²) in [4.78, 5) is 53.2. The molecule has 0 radical (unpaired) electrons. The van der Waals surface area contributed by atoms with E-state index in [1.807, 2.05) is 0 Å². The zero-order valence-electron chi connectivity index (χ0n) is 25.3. The zero-order chi connectivity index (χ0) is 32.0. The van der Waals surface area contributed by atoms with Crippen molar-refractivity contribution in [1.82, 2.24) is 15.5 Å². The molecule has 0 spiro atoms. The van der Waals surface area contributed by atoms with Crippen molar-refractivity contribution in [3.63, 3.8) is 0 Å². The number of ether oxygens (including phenoxy) is 3. The molecule has 2 bridgehead atoms. The number of rotatable bonds is 7. The predicted octanol–water partition coefficient (Wildman–Crippen LogP) is 2.96. The molecule has 2 N–H and O–H groups in total. The molecule has 4 rings (SSSR count). The maximum absolute atomic E-state index is 14.2. The number of nitrogens with zero attached hydrogens (tertiary/aromatic N) is 1. The fourth-order valence-corrected chi connectivity index (χ4v) is 4.97. The van der Waals surface area contributed by atoms with E-state index in [4.69, 9.17) is 14.2 Å². The first-order valence-electron chi connectivity index (χ1n) is 14.8. The fraction of sp³-hybridized carbons (Fsp3) is 0.500. The Labute approximate surface area is 256 Å². The van der Waals surface area contributed by atoms with Gasteiger partial charge >= 0.3 is 5.97 Å². The third-order valence-corrected chi connectivity index (χ3v) is 7.44. The molecule has 0 fully saturated rings. The van der Waals surface area contributed by atoms with Crippen molar-refractivity contribution in [3.8, 4) is 5.75 Å². The molecule has 12 heteroatoms. The number of benzene rings is 2. The molecular weight excluding hydrogens is 576 g/mol. The second kappa shape index (κ2) is 17.3. The Balaban J connectivity index is 1.80. The van der Waals surface area contributed by atoms with Gasteiger partial charge in [0.05, 0.1) is 18.4 Å². The Morgan fingerprint density at radius 3 is 2.50 bits per heavy atom. The summed E-state index contributed by atoms with van der Waals surface area (Å²) >= 11 is 0. The van der Waals surface area contributed by atoms with Crippen LogP contribution in [-0.4, -0.2) is 81.7 Å². The summed E-state index contributed by atoms with van der Waals surface area (Å²) in [5.41, 5.74) is -0.371. The quantitative estimate of drug-likeness (QED) is 0.458. The van der Waals surface area contributed by atoms with Gasteiger partial charge in [0.2, 0.25) is 11.8 Å². The summed E-state index contributed by atoms with van der Waals surface area (Å²) in [7, 11) is 1.53. The van der Waals surface area contributed by atoms with E-state index in [0.717, 1.165) is 11.6 Å². The van der Waals surface area contributed by atoms with Gasteiger partial charge in [0.1, 0.15) is 5.75 Å². The highest BCUT2D eigenvalue weighted by molar-refractivity contribution is 5.81. The van der Waals surface area contributed by atoms with E-state index in [1.54, 1.807) is 31.2 Å². The topological polar surface area (TPSA) is 123 Å². The maximum Gasteiger partial charge on any atom is 0.314 e. The van der Waals surface area contributed by atoms with Gasteiger partial charge in [0, 0.05) is 51.9 Å². The molecule has 0 saturated heterocycles. The lowest BCUT2D eigenvalue weighted by Crippen LogP contribution is -2.46. The lowest BCUT2D eigenvalue weighted by Gasteiger charge is -2.32. The minimum absolute atomic E-state index is 0.00788. The highest BCUT2D eigenvalue weighted by atomic mass is 19.2. The molecule has 3 amide bonds. The van der Waals surface area contributed by atoms with Crippen molar-refractivity contribution >= 4 is 23.7 Å². The van der Waals surface area contributed by atoms with E-state index in [-0.39, 0.29) is 89.1 Å². The Morgan fingerprint density at radius 2 is 1.77 bits per heavy atom. The highest BCUT2D eigenvalue weighted by Gasteiger charge is 2.40. The zero-order valence-corrected chi connectivity index (χ0v) is 25.3. The summed E-state index contributed by atoms with van der Waals surface area (Å²) in [5, 5.41) is 5.62. The van der Waals surface area contributed by atoms with Gasteiger partial charge in [-0.15, -0.1) is 0 Å². The Kier molecular flexibility index (Phi) is 13.5. The fourth-order valence-electron chi connectivity index (χ4n) is 4.97. The third-order valence-electron chi connectivity index (χ3n) is 7.44. The highest BCUT2D eigenvalue weighted by Crippen LogP contribution is 2.30. The normalized spacial score (nSPS) is 19.0. The van der Waals surface area contributed by atoms with Crippen LogP contribution in [0.5, 0.6) is 5.75 Å². The molecule has 0 aromatic heterocycles. The minimum atomic E-state index is -1.11. The largest absolute Gasteiger partial charge is 0.484 e. The molecule has 2 aliphatic rings. The molecule has 240 valence electrons.